The predicted molar refractivity (Wildman–Crippen MR) is 82.6 cm³/mol. The van der Waals surface area contributed by atoms with Crippen LogP contribution >= 0.6 is 0 Å². The summed E-state index contributed by atoms with van der Waals surface area (Å²) in [4.78, 5) is 16.6. The first-order valence-corrected chi connectivity index (χ1v) is 7.79. The highest BCUT2D eigenvalue weighted by Gasteiger charge is 2.31. The van der Waals surface area contributed by atoms with Crippen LogP contribution in [-0.2, 0) is 0 Å². The highest BCUT2D eigenvalue weighted by atomic mass is 16.5. The molecule has 1 aliphatic carbocycles. The predicted octanol–water partition coefficient (Wildman–Crippen LogP) is 3.12. The van der Waals surface area contributed by atoms with Gasteiger partial charge in [-0.05, 0) is 30.4 Å². The minimum absolute atomic E-state index is 0.0994. The van der Waals surface area contributed by atoms with Gasteiger partial charge in [0.1, 0.15) is 11.8 Å². The van der Waals surface area contributed by atoms with Crippen LogP contribution in [0.5, 0.6) is 0 Å². The summed E-state index contributed by atoms with van der Waals surface area (Å²) in [6.45, 7) is 4.88. The summed E-state index contributed by atoms with van der Waals surface area (Å²) in [5.74, 6) is 0.952. The Hall–Kier alpha value is -2.17. The third-order valence-corrected chi connectivity index (χ3v) is 4.21. The molecule has 1 saturated carbocycles. The van der Waals surface area contributed by atoms with Gasteiger partial charge >= 0.3 is 0 Å². The van der Waals surface area contributed by atoms with Crippen LogP contribution in [-0.4, -0.2) is 22.6 Å². The van der Waals surface area contributed by atoms with Crippen molar-refractivity contribution in [2.75, 3.05) is 6.54 Å². The van der Waals surface area contributed by atoms with Crippen molar-refractivity contribution in [3.8, 4) is 0 Å². The second kappa shape index (κ2) is 6.30. The Bertz CT molecular complexity index is 632. The van der Waals surface area contributed by atoms with E-state index in [0.29, 0.717) is 23.9 Å². The Labute approximate surface area is 130 Å². The van der Waals surface area contributed by atoms with Crippen LogP contribution in [0.1, 0.15) is 60.1 Å². The smallest absolute Gasteiger partial charge is 0.256 e. The van der Waals surface area contributed by atoms with Crippen LogP contribution in [0.2, 0.25) is 0 Å². The van der Waals surface area contributed by atoms with E-state index in [9.17, 15) is 4.79 Å². The molecule has 2 heterocycles. The molecule has 1 unspecified atom stereocenters. The maximum atomic E-state index is 12.4. The van der Waals surface area contributed by atoms with Crippen molar-refractivity contribution in [3.05, 3.63) is 47.6 Å². The van der Waals surface area contributed by atoms with Crippen molar-refractivity contribution in [2.24, 2.45) is 5.92 Å². The molecule has 0 saturated heterocycles. The minimum atomic E-state index is -0.0994. The number of aromatic nitrogens is 2. The van der Waals surface area contributed by atoms with Crippen molar-refractivity contribution in [1.29, 1.82) is 0 Å². The molecule has 3 rings (SSSR count). The molecule has 22 heavy (non-hydrogen) atoms. The third-order valence-electron chi connectivity index (χ3n) is 4.21. The van der Waals surface area contributed by atoms with Crippen molar-refractivity contribution in [2.45, 2.75) is 38.5 Å². The average Bonchev–Trinajstić information content (AvgIpc) is 3.25. The number of hydrogen-bond donors (Lipinski definition) is 1. The van der Waals surface area contributed by atoms with Crippen molar-refractivity contribution in [3.63, 3.8) is 0 Å². The molecule has 5 heteroatoms. The van der Waals surface area contributed by atoms with E-state index in [-0.39, 0.29) is 11.8 Å². The van der Waals surface area contributed by atoms with Gasteiger partial charge in [-0.25, -0.2) is 0 Å². The van der Waals surface area contributed by atoms with Gasteiger partial charge in [0.05, 0.1) is 5.69 Å². The van der Waals surface area contributed by atoms with Crippen molar-refractivity contribution >= 4 is 5.91 Å². The van der Waals surface area contributed by atoms with E-state index in [0.717, 1.165) is 24.1 Å². The van der Waals surface area contributed by atoms with Gasteiger partial charge in [-0.1, -0.05) is 25.1 Å². The lowest BCUT2D eigenvalue weighted by molar-refractivity contribution is 0.0947. The number of carbonyl (C=O) groups excluding carboxylic acids is 1. The molecule has 0 spiro atoms. The number of rotatable bonds is 6. The van der Waals surface area contributed by atoms with E-state index in [4.69, 9.17) is 4.52 Å². The third kappa shape index (κ3) is 3.18. The Morgan fingerprint density at radius 1 is 1.45 bits per heavy atom. The first-order valence-electron chi connectivity index (χ1n) is 7.79. The molecule has 0 aromatic carbocycles. The summed E-state index contributed by atoms with van der Waals surface area (Å²) in [7, 11) is 0. The zero-order chi connectivity index (χ0) is 15.5. The molecule has 1 N–H and O–H groups in total. The standard InChI is InChI=1S/C17H21N3O2/c1-11(2)14(13-4-3-7-18-8-13)9-19-17(21)15-10-22-20-16(15)12-5-6-12/h3-4,7-8,10-12,14H,5-6,9H2,1-2H3,(H,19,21). The Morgan fingerprint density at radius 2 is 2.27 bits per heavy atom. The van der Waals surface area contributed by atoms with Gasteiger partial charge in [-0.2, -0.15) is 0 Å². The number of nitrogens with one attached hydrogen (secondary N) is 1. The van der Waals surface area contributed by atoms with Crippen LogP contribution in [0.25, 0.3) is 0 Å². The molecule has 0 aliphatic heterocycles. The summed E-state index contributed by atoms with van der Waals surface area (Å²) in [5, 5.41) is 7.00. The second-order valence-electron chi connectivity index (χ2n) is 6.23. The maximum Gasteiger partial charge on any atom is 0.256 e. The fourth-order valence-corrected chi connectivity index (χ4v) is 2.70. The first-order chi connectivity index (χ1) is 10.7. The van der Waals surface area contributed by atoms with Gasteiger partial charge in [0.2, 0.25) is 0 Å². The average molecular weight is 299 g/mol. The first kappa shape index (κ1) is 14.8. The fourth-order valence-electron chi connectivity index (χ4n) is 2.70. The van der Waals surface area contributed by atoms with Gasteiger partial charge in [-0.15, -0.1) is 0 Å². The minimum Gasteiger partial charge on any atom is -0.364 e. The fraction of sp³-hybridized carbons (Fsp3) is 0.471. The number of nitrogens with zero attached hydrogens (tertiary/aromatic N) is 2. The number of carbonyl (C=O) groups is 1. The summed E-state index contributed by atoms with van der Waals surface area (Å²) >= 11 is 0. The van der Waals surface area contributed by atoms with E-state index < -0.39 is 0 Å². The van der Waals surface area contributed by atoms with Gasteiger partial charge < -0.3 is 9.84 Å². The molecule has 0 radical (unpaired) electrons. The van der Waals surface area contributed by atoms with E-state index in [2.05, 4.69) is 35.4 Å². The zero-order valence-corrected chi connectivity index (χ0v) is 13.0. The normalized spacial score (nSPS) is 15.8. The topological polar surface area (TPSA) is 68.0 Å². The monoisotopic (exact) mass is 299 g/mol. The SMILES string of the molecule is CC(C)C(CNC(=O)c1conc1C1CC1)c1cccnc1. The van der Waals surface area contributed by atoms with Crippen LogP contribution < -0.4 is 5.32 Å². The van der Waals surface area contributed by atoms with Crippen LogP contribution in [0.4, 0.5) is 0 Å². The summed E-state index contributed by atoms with van der Waals surface area (Å²) in [5.41, 5.74) is 2.53. The van der Waals surface area contributed by atoms with Gasteiger partial charge in [0.25, 0.3) is 5.91 Å². The van der Waals surface area contributed by atoms with Crippen LogP contribution in [0.3, 0.4) is 0 Å². The largest absolute Gasteiger partial charge is 0.364 e. The van der Waals surface area contributed by atoms with E-state index in [1.807, 2.05) is 12.3 Å². The molecular weight excluding hydrogens is 278 g/mol. The number of hydrogen-bond acceptors (Lipinski definition) is 4. The van der Waals surface area contributed by atoms with Gasteiger partial charge in [0.15, 0.2) is 0 Å². The highest BCUT2D eigenvalue weighted by molar-refractivity contribution is 5.95. The van der Waals surface area contributed by atoms with Crippen LogP contribution in [0, 0.1) is 5.92 Å². The van der Waals surface area contributed by atoms with Gasteiger partial charge in [0, 0.05) is 30.8 Å². The lowest BCUT2D eigenvalue weighted by atomic mass is 9.89. The molecule has 0 bridgehead atoms. The molecule has 1 fully saturated rings. The van der Waals surface area contributed by atoms with Crippen LogP contribution in [0.15, 0.2) is 35.3 Å². The van der Waals surface area contributed by atoms with E-state index in [1.165, 1.54) is 6.26 Å². The number of pyridine rings is 1. The van der Waals surface area contributed by atoms with E-state index in [1.54, 1.807) is 6.20 Å². The Balaban J connectivity index is 1.67. The zero-order valence-electron chi connectivity index (χ0n) is 13.0. The molecule has 116 valence electrons. The molecule has 1 amide bonds. The highest BCUT2D eigenvalue weighted by Crippen LogP contribution is 2.40. The van der Waals surface area contributed by atoms with Crippen molar-refractivity contribution < 1.29 is 9.32 Å². The molecule has 1 aliphatic rings. The summed E-state index contributed by atoms with van der Waals surface area (Å²) < 4.78 is 4.99. The molecular formula is C17H21N3O2. The maximum absolute atomic E-state index is 12.4. The molecule has 2 aromatic rings. The van der Waals surface area contributed by atoms with Crippen molar-refractivity contribution in [1.82, 2.24) is 15.5 Å². The lowest BCUT2D eigenvalue weighted by Crippen LogP contribution is -2.30. The number of amides is 1. The second-order valence-corrected chi connectivity index (χ2v) is 6.23. The quantitative estimate of drug-likeness (QED) is 0.890. The molecule has 2 aromatic heterocycles. The summed E-state index contributed by atoms with van der Waals surface area (Å²) in [6.07, 6.45) is 7.27. The lowest BCUT2D eigenvalue weighted by Gasteiger charge is -2.21. The molecule has 1 atom stereocenters. The Kier molecular flexibility index (Phi) is 4.22. The Morgan fingerprint density at radius 3 is 2.91 bits per heavy atom. The molecule has 5 nitrogen and oxygen atoms in total. The van der Waals surface area contributed by atoms with Gasteiger partial charge in [-0.3, -0.25) is 9.78 Å². The summed E-state index contributed by atoms with van der Waals surface area (Å²) in [6, 6.07) is 3.98. The van der Waals surface area contributed by atoms with E-state index >= 15 is 0 Å².